The Bertz CT molecular complexity index is 558. The van der Waals surface area contributed by atoms with E-state index in [4.69, 9.17) is 0 Å². The largest absolute Gasteiger partial charge is 0.328 e. The van der Waals surface area contributed by atoms with E-state index in [-0.39, 0.29) is 0 Å². The molecule has 2 atom stereocenters. The number of thiophene rings is 1. The number of nitrogens with one attached hydrogen (secondary N) is 1. The molecule has 20 heavy (non-hydrogen) atoms. The van der Waals surface area contributed by atoms with Gasteiger partial charge in [0.05, 0.1) is 18.6 Å². The third-order valence-electron chi connectivity index (χ3n) is 4.25. The van der Waals surface area contributed by atoms with Gasteiger partial charge < -0.3 is 9.88 Å². The minimum atomic E-state index is 0.464. The number of aromatic nitrogens is 2. The zero-order valence-electron chi connectivity index (χ0n) is 12.3. The monoisotopic (exact) mass is 289 g/mol. The lowest BCUT2D eigenvalue weighted by Crippen LogP contribution is -2.35. The Kier molecular flexibility index (Phi) is 4.22. The summed E-state index contributed by atoms with van der Waals surface area (Å²) < 4.78 is 2.32. The lowest BCUT2D eigenvalue weighted by atomic mass is 9.97. The van der Waals surface area contributed by atoms with Gasteiger partial charge in [0, 0.05) is 23.2 Å². The maximum absolute atomic E-state index is 4.39. The van der Waals surface area contributed by atoms with E-state index < -0.39 is 0 Å². The van der Waals surface area contributed by atoms with Gasteiger partial charge in [-0.1, -0.05) is 6.92 Å². The third kappa shape index (κ3) is 2.81. The first-order chi connectivity index (χ1) is 9.78. The van der Waals surface area contributed by atoms with E-state index >= 15 is 0 Å². The molecule has 1 aliphatic heterocycles. The van der Waals surface area contributed by atoms with E-state index in [0.29, 0.717) is 12.1 Å². The number of nitrogens with zero attached hydrogens (tertiary/aromatic N) is 2. The van der Waals surface area contributed by atoms with Crippen molar-refractivity contribution in [3.63, 3.8) is 0 Å². The summed E-state index contributed by atoms with van der Waals surface area (Å²) in [6.45, 7) is 5.47. The quantitative estimate of drug-likeness (QED) is 0.929. The Labute approximate surface area is 125 Å². The molecule has 2 unspecified atom stereocenters. The van der Waals surface area contributed by atoms with Gasteiger partial charge in [-0.15, -0.1) is 11.3 Å². The molecule has 0 saturated carbocycles. The Morgan fingerprint density at radius 1 is 1.45 bits per heavy atom. The van der Waals surface area contributed by atoms with Gasteiger partial charge >= 0.3 is 0 Å². The SMILES string of the molecule is CCc1ccsc1Cn1cncc1C1CCCC(C)N1. The lowest BCUT2D eigenvalue weighted by Gasteiger charge is -2.29. The van der Waals surface area contributed by atoms with Gasteiger partial charge in [0.1, 0.15) is 0 Å². The molecule has 3 nitrogen and oxygen atoms in total. The second-order valence-electron chi connectivity index (χ2n) is 5.72. The normalized spacial score (nSPS) is 23.1. The van der Waals surface area contributed by atoms with Gasteiger partial charge in [-0.3, -0.25) is 0 Å². The summed E-state index contributed by atoms with van der Waals surface area (Å²) >= 11 is 1.86. The molecular formula is C16H23N3S. The second kappa shape index (κ2) is 6.10. The molecule has 0 radical (unpaired) electrons. The van der Waals surface area contributed by atoms with Crippen LogP contribution in [0, 0.1) is 0 Å². The fourth-order valence-corrected chi connectivity index (χ4v) is 4.07. The van der Waals surface area contributed by atoms with Crippen LogP contribution in [0.2, 0.25) is 0 Å². The Balaban J connectivity index is 1.79. The Morgan fingerprint density at radius 3 is 3.15 bits per heavy atom. The van der Waals surface area contributed by atoms with E-state index in [1.54, 1.807) is 0 Å². The number of rotatable bonds is 4. The first-order valence-electron chi connectivity index (χ1n) is 7.59. The number of imidazole rings is 1. The number of aryl methyl sites for hydroxylation is 1. The third-order valence-corrected chi connectivity index (χ3v) is 5.20. The summed E-state index contributed by atoms with van der Waals surface area (Å²) in [6.07, 6.45) is 8.95. The fraction of sp³-hybridized carbons (Fsp3) is 0.562. The predicted octanol–water partition coefficient (Wildman–Crippen LogP) is 3.76. The number of hydrogen-bond acceptors (Lipinski definition) is 3. The van der Waals surface area contributed by atoms with Gasteiger partial charge in [-0.2, -0.15) is 0 Å². The molecule has 0 amide bonds. The summed E-state index contributed by atoms with van der Waals surface area (Å²) in [6, 6.07) is 3.33. The van der Waals surface area contributed by atoms with Crippen LogP contribution >= 0.6 is 11.3 Å². The predicted molar refractivity (Wildman–Crippen MR) is 84.2 cm³/mol. The molecule has 108 valence electrons. The maximum atomic E-state index is 4.39. The molecule has 1 saturated heterocycles. The average molecular weight is 289 g/mol. The molecule has 2 aromatic rings. The second-order valence-corrected chi connectivity index (χ2v) is 6.72. The van der Waals surface area contributed by atoms with E-state index in [2.05, 4.69) is 40.2 Å². The smallest absolute Gasteiger partial charge is 0.0952 e. The van der Waals surface area contributed by atoms with E-state index in [1.807, 2.05) is 23.9 Å². The summed E-state index contributed by atoms with van der Waals surface area (Å²) in [5.74, 6) is 0. The van der Waals surface area contributed by atoms with Crippen LogP contribution in [-0.4, -0.2) is 15.6 Å². The highest BCUT2D eigenvalue weighted by molar-refractivity contribution is 7.10. The van der Waals surface area contributed by atoms with Crippen LogP contribution in [0.4, 0.5) is 0 Å². The van der Waals surface area contributed by atoms with Crippen molar-refractivity contribution in [3.05, 3.63) is 40.1 Å². The van der Waals surface area contributed by atoms with Crippen molar-refractivity contribution in [1.29, 1.82) is 0 Å². The van der Waals surface area contributed by atoms with Crippen molar-refractivity contribution >= 4 is 11.3 Å². The molecule has 4 heteroatoms. The van der Waals surface area contributed by atoms with Gasteiger partial charge in [0.15, 0.2) is 0 Å². The van der Waals surface area contributed by atoms with Crippen LogP contribution in [0.1, 0.15) is 55.3 Å². The van der Waals surface area contributed by atoms with Crippen LogP contribution in [0.3, 0.4) is 0 Å². The van der Waals surface area contributed by atoms with Gasteiger partial charge in [-0.25, -0.2) is 4.98 Å². The molecule has 0 aliphatic carbocycles. The van der Waals surface area contributed by atoms with Crippen molar-refractivity contribution in [2.75, 3.05) is 0 Å². The molecule has 0 aromatic carbocycles. The highest BCUT2D eigenvalue weighted by Gasteiger charge is 2.22. The molecule has 1 N–H and O–H groups in total. The Morgan fingerprint density at radius 2 is 2.35 bits per heavy atom. The van der Waals surface area contributed by atoms with Gasteiger partial charge in [0.2, 0.25) is 0 Å². The van der Waals surface area contributed by atoms with Crippen LogP contribution in [-0.2, 0) is 13.0 Å². The van der Waals surface area contributed by atoms with Crippen molar-refractivity contribution < 1.29 is 0 Å². The molecule has 1 aliphatic rings. The summed E-state index contributed by atoms with van der Waals surface area (Å²) in [5, 5.41) is 5.91. The van der Waals surface area contributed by atoms with Crippen LogP contribution < -0.4 is 5.32 Å². The minimum Gasteiger partial charge on any atom is -0.328 e. The van der Waals surface area contributed by atoms with Crippen molar-refractivity contribution in [2.24, 2.45) is 0 Å². The maximum Gasteiger partial charge on any atom is 0.0952 e. The van der Waals surface area contributed by atoms with E-state index in [0.717, 1.165) is 13.0 Å². The van der Waals surface area contributed by atoms with Crippen molar-refractivity contribution in [3.8, 4) is 0 Å². The van der Waals surface area contributed by atoms with Crippen molar-refractivity contribution in [1.82, 2.24) is 14.9 Å². The standard InChI is InChI=1S/C16H23N3S/c1-3-13-7-8-20-16(13)10-19-11-17-9-15(19)14-6-4-5-12(2)18-14/h7-9,11-12,14,18H,3-6,10H2,1-2H3. The molecule has 3 heterocycles. The summed E-state index contributed by atoms with van der Waals surface area (Å²) in [5.41, 5.74) is 2.81. The van der Waals surface area contributed by atoms with Crippen molar-refractivity contribution in [2.45, 2.75) is 58.2 Å². The molecule has 1 fully saturated rings. The zero-order chi connectivity index (χ0) is 13.9. The van der Waals surface area contributed by atoms with Crippen LogP contribution in [0.15, 0.2) is 24.0 Å². The first kappa shape index (κ1) is 13.8. The summed E-state index contributed by atoms with van der Waals surface area (Å²) in [7, 11) is 0. The minimum absolute atomic E-state index is 0.464. The molecule has 0 bridgehead atoms. The average Bonchev–Trinajstić information content (AvgIpc) is 3.08. The van der Waals surface area contributed by atoms with Gasteiger partial charge in [0.25, 0.3) is 0 Å². The topological polar surface area (TPSA) is 29.9 Å². The lowest BCUT2D eigenvalue weighted by molar-refractivity contribution is 0.330. The fourth-order valence-electron chi connectivity index (χ4n) is 3.10. The Hall–Kier alpha value is -1.13. The highest BCUT2D eigenvalue weighted by atomic mass is 32.1. The van der Waals surface area contributed by atoms with Crippen LogP contribution in [0.25, 0.3) is 0 Å². The highest BCUT2D eigenvalue weighted by Crippen LogP contribution is 2.27. The summed E-state index contributed by atoms with van der Waals surface area (Å²) in [4.78, 5) is 5.85. The number of piperidine rings is 1. The molecule has 0 spiro atoms. The van der Waals surface area contributed by atoms with Crippen LogP contribution in [0.5, 0.6) is 0 Å². The number of hydrogen-bond donors (Lipinski definition) is 1. The van der Waals surface area contributed by atoms with Gasteiger partial charge in [-0.05, 0) is 49.6 Å². The molecule has 3 rings (SSSR count). The van der Waals surface area contributed by atoms with E-state index in [9.17, 15) is 0 Å². The molecular weight excluding hydrogens is 266 g/mol. The van der Waals surface area contributed by atoms with E-state index in [1.165, 1.54) is 35.4 Å². The molecule has 2 aromatic heterocycles. The first-order valence-corrected chi connectivity index (χ1v) is 8.47. The zero-order valence-corrected chi connectivity index (χ0v) is 13.1.